The predicted octanol–water partition coefficient (Wildman–Crippen LogP) is 2.39. The van der Waals surface area contributed by atoms with Gasteiger partial charge in [-0.05, 0) is 37.3 Å². The first-order valence-corrected chi connectivity index (χ1v) is 8.65. The number of carbonyl (C=O) groups is 1. The van der Waals surface area contributed by atoms with Crippen LogP contribution in [0, 0.1) is 6.92 Å². The summed E-state index contributed by atoms with van der Waals surface area (Å²) in [6, 6.07) is 10.6. The minimum absolute atomic E-state index is 0.0310. The molecule has 0 atom stereocenters. The molecule has 1 aromatic heterocycles. The second-order valence-corrected chi connectivity index (χ2v) is 7.11. The van der Waals surface area contributed by atoms with Gasteiger partial charge >= 0.3 is 6.03 Å². The summed E-state index contributed by atoms with van der Waals surface area (Å²) in [5.41, 5.74) is 3.00. The highest BCUT2D eigenvalue weighted by Crippen LogP contribution is 2.17. The first kappa shape index (κ1) is 16.0. The summed E-state index contributed by atoms with van der Waals surface area (Å²) >= 11 is 0. The van der Waals surface area contributed by atoms with E-state index >= 15 is 0 Å². The molecule has 3 aromatic rings. The average molecular weight is 344 g/mol. The maximum atomic E-state index is 12.2. The lowest BCUT2D eigenvalue weighted by Crippen LogP contribution is -2.34. The summed E-state index contributed by atoms with van der Waals surface area (Å²) in [4.78, 5) is 16.2. The summed E-state index contributed by atoms with van der Waals surface area (Å²) in [5, 5.41) is 2.50. The van der Waals surface area contributed by atoms with E-state index in [1.807, 2.05) is 23.3 Å². The van der Waals surface area contributed by atoms with Crippen molar-refractivity contribution < 1.29 is 13.2 Å². The molecule has 7 nitrogen and oxygen atoms in total. The van der Waals surface area contributed by atoms with Crippen molar-refractivity contribution in [2.75, 3.05) is 5.32 Å². The molecule has 0 saturated heterocycles. The number of rotatable bonds is 3. The van der Waals surface area contributed by atoms with Crippen LogP contribution in [0.2, 0.25) is 0 Å². The van der Waals surface area contributed by atoms with Gasteiger partial charge in [-0.1, -0.05) is 17.7 Å². The number of fused-ring (bicyclic) bond motifs is 1. The Hall–Kier alpha value is -2.87. The van der Waals surface area contributed by atoms with Crippen LogP contribution in [0.4, 0.5) is 10.5 Å². The Kier molecular flexibility index (Phi) is 3.98. The highest BCUT2D eigenvalue weighted by Gasteiger charge is 2.17. The third-order valence-electron chi connectivity index (χ3n) is 3.54. The Labute approximate surface area is 139 Å². The van der Waals surface area contributed by atoms with Gasteiger partial charge in [0.25, 0.3) is 10.0 Å². The lowest BCUT2D eigenvalue weighted by molar-refractivity contribution is 0.256. The summed E-state index contributed by atoms with van der Waals surface area (Å²) in [5.74, 6) is 0. The minimum atomic E-state index is -3.92. The van der Waals surface area contributed by atoms with Crippen LogP contribution in [-0.2, 0) is 17.1 Å². The van der Waals surface area contributed by atoms with E-state index in [1.165, 1.54) is 12.1 Å². The molecule has 0 radical (unpaired) electrons. The zero-order valence-corrected chi connectivity index (χ0v) is 14.0. The van der Waals surface area contributed by atoms with Crippen LogP contribution < -0.4 is 10.0 Å². The standard InChI is InChI=1S/C16H16N4O3S/c1-11-3-6-13(7-4-11)24(22,23)19-16(21)18-12-5-8-15-14(9-12)17-10-20(15)2/h3-10H,1-2H3,(H2,18,19,21). The number of hydrogen-bond donors (Lipinski definition) is 2. The fraction of sp³-hybridized carbons (Fsp3) is 0.125. The number of aromatic nitrogens is 2. The average Bonchev–Trinajstić information content (AvgIpc) is 2.88. The number of nitrogens with one attached hydrogen (secondary N) is 2. The molecule has 24 heavy (non-hydrogen) atoms. The van der Waals surface area contributed by atoms with Crippen LogP contribution in [0.5, 0.6) is 0 Å². The van der Waals surface area contributed by atoms with Gasteiger partial charge < -0.3 is 9.88 Å². The molecule has 2 amide bonds. The zero-order valence-electron chi connectivity index (χ0n) is 13.1. The van der Waals surface area contributed by atoms with E-state index in [4.69, 9.17) is 0 Å². The van der Waals surface area contributed by atoms with Crippen LogP contribution in [0.1, 0.15) is 5.56 Å². The van der Waals surface area contributed by atoms with Gasteiger partial charge in [-0.15, -0.1) is 0 Å². The van der Waals surface area contributed by atoms with Gasteiger partial charge in [0.15, 0.2) is 0 Å². The molecule has 0 aliphatic rings. The molecule has 0 aliphatic heterocycles. The van der Waals surface area contributed by atoms with Crippen molar-refractivity contribution >= 4 is 32.8 Å². The Morgan fingerprint density at radius 3 is 2.54 bits per heavy atom. The first-order chi connectivity index (χ1) is 11.3. The van der Waals surface area contributed by atoms with Crippen molar-refractivity contribution in [1.82, 2.24) is 14.3 Å². The number of imidazole rings is 1. The molecule has 0 unspecified atom stereocenters. The largest absolute Gasteiger partial charge is 0.334 e. The van der Waals surface area contributed by atoms with E-state index in [2.05, 4.69) is 10.3 Å². The molecule has 1 heterocycles. The van der Waals surface area contributed by atoms with Crippen molar-refractivity contribution in [2.45, 2.75) is 11.8 Å². The number of urea groups is 1. The number of carbonyl (C=O) groups excluding carboxylic acids is 1. The van der Waals surface area contributed by atoms with Crippen molar-refractivity contribution in [3.8, 4) is 0 Å². The number of amides is 2. The molecule has 0 bridgehead atoms. The molecule has 124 valence electrons. The molecular weight excluding hydrogens is 328 g/mol. The van der Waals surface area contributed by atoms with Gasteiger partial charge in [0.1, 0.15) is 0 Å². The first-order valence-electron chi connectivity index (χ1n) is 7.17. The number of benzene rings is 2. The molecule has 8 heteroatoms. The highest BCUT2D eigenvalue weighted by molar-refractivity contribution is 7.90. The van der Waals surface area contributed by atoms with Crippen molar-refractivity contribution in [2.24, 2.45) is 7.05 Å². The van der Waals surface area contributed by atoms with E-state index in [-0.39, 0.29) is 4.90 Å². The Morgan fingerprint density at radius 2 is 1.83 bits per heavy atom. The monoisotopic (exact) mass is 344 g/mol. The second-order valence-electron chi connectivity index (χ2n) is 5.43. The van der Waals surface area contributed by atoms with Gasteiger partial charge in [0.2, 0.25) is 0 Å². The smallest absolute Gasteiger partial charge is 0.333 e. The van der Waals surface area contributed by atoms with Gasteiger partial charge in [0.05, 0.1) is 22.3 Å². The Morgan fingerprint density at radius 1 is 1.12 bits per heavy atom. The summed E-state index contributed by atoms with van der Waals surface area (Å²) in [7, 11) is -2.05. The molecule has 0 aliphatic carbocycles. The van der Waals surface area contributed by atoms with E-state index in [9.17, 15) is 13.2 Å². The fourth-order valence-corrected chi connectivity index (χ4v) is 3.18. The van der Waals surface area contributed by atoms with Gasteiger partial charge in [-0.25, -0.2) is 22.9 Å². The van der Waals surface area contributed by atoms with Crippen molar-refractivity contribution in [1.29, 1.82) is 0 Å². The van der Waals surface area contributed by atoms with Crippen LogP contribution in [0.25, 0.3) is 11.0 Å². The summed E-state index contributed by atoms with van der Waals surface area (Å²) in [6.45, 7) is 1.85. The highest BCUT2D eigenvalue weighted by atomic mass is 32.2. The van der Waals surface area contributed by atoms with Crippen molar-refractivity contribution in [3.05, 3.63) is 54.4 Å². The molecular formula is C16H16N4O3S. The Balaban J connectivity index is 1.75. The predicted molar refractivity (Wildman–Crippen MR) is 91.2 cm³/mol. The number of hydrogen-bond acceptors (Lipinski definition) is 4. The van der Waals surface area contributed by atoms with E-state index in [0.717, 1.165) is 11.1 Å². The van der Waals surface area contributed by atoms with Crippen LogP contribution in [0.3, 0.4) is 0 Å². The molecule has 0 fully saturated rings. The number of aryl methyl sites for hydroxylation is 2. The maximum Gasteiger partial charge on any atom is 0.333 e. The molecule has 2 N–H and O–H groups in total. The number of nitrogens with zero attached hydrogens (tertiary/aromatic N) is 2. The third-order valence-corrected chi connectivity index (χ3v) is 4.89. The minimum Gasteiger partial charge on any atom is -0.334 e. The van der Waals surface area contributed by atoms with Gasteiger partial charge in [-0.3, -0.25) is 0 Å². The lowest BCUT2D eigenvalue weighted by atomic mass is 10.2. The normalized spacial score (nSPS) is 11.4. The van der Waals surface area contributed by atoms with E-state index in [0.29, 0.717) is 11.2 Å². The molecule has 2 aromatic carbocycles. The van der Waals surface area contributed by atoms with Crippen molar-refractivity contribution in [3.63, 3.8) is 0 Å². The van der Waals surface area contributed by atoms with Crippen LogP contribution in [-0.4, -0.2) is 24.0 Å². The third kappa shape index (κ3) is 3.23. The molecule has 0 saturated carbocycles. The van der Waals surface area contributed by atoms with Crippen LogP contribution in [0.15, 0.2) is 53.7 Å². The van der Waals surface area contributed by atoms with E-state index < -0.39 is 16.1 Å². The fourth-order valence-electron chi connectivity index (χ4n) is 2.27. The van der Waals surface area contributed by atoms with Gasteiger partial charge in [-0.2, -0.15) is 0 Å². The topological polar surface area (TPSA) is 93.1 Å². The Bertz CT molecular complexity index is 1010. The lowest BCUT2D eigenvalue weighted by Gasteiger charge is -2.09. The maximum absolute atomic E-state index is 12.2. The number of anilines is 1. The van der Waals surface area contributed by atoms with Crippen LogP contribution >= 0.6 is 0 Å². The van der Waals surface area contributed by atoms with E-state index in [1.54, 1.807) is 36.7 Å². The SMILES string of the molecule is Cc1ccc(S(=O)(=O)NC(=O)Nc2ccc3c(c2)ncn3C)cc1. The summed E-state index contributed by atoms with van der Waals surface area (Å²) < 4.78 is 28.2. The molecule has 3 rings (SSSR count). The quantitative estimate of drug-likeness (QED) is 0.763. The second kappa shape index (κ2) is 5.97. The summed E-state index contributed by atoms with van der Waals surface area (Å²) in [6.07, 6.45) is 1.66. The number of sulfonamides is 1. The molecule has 0 spiro atoms. The zero-order chi connectivity index (χ0) is 17.3. The van der Waals surface area contributed by atoms with Gasteiger partial charge in [0, 0.05) is 12.7 Å².